The number of piperidine rings is 1. The summed E-state index contributed by atoms with van der Waals surface area (Å²) < 4.78 is 6.91. The van der Waals surface area contributed by atoms with E-state index in [2.05, 4.69) is 19.2 Å². The minimum Gasteiger partial charge on any atom is -0.383 e. The van der Waals surface area contributed by atoms with E-state index in [-0.39, 0.29) is 23.5 Å². The van der Waals surface area contributed by atoms with Gasteiger partial charge in [-0.15, -0.1) is 0 Å². The second-order valence-electron chi connectivity index (χ2n) is 8.79. The molecule has 1 N–H and O–H groups in total. The molecule has 1 aromatic heterocycles. The number of hydrogen-bond acceptors (Lipinski definition) is 4. The zero-order valence-electron chi connectivity index (χ0n) is 19.5. The number of ether oxygens (including phenoxy) is 1. The summed E-state index contributed by atoms with van der Waals surface area (Å²) in [6.45, 7) is 8.42. The van der Waals surface area contributed by atoms with Gasteiger partial charge in [-0.1, -0.05) is 32.0 Å². The fourth-order valence-electron chi connectivity index (χ4n) is 4.29. The molecule has 32 heavy (non-hydrogen) atoms. The van der Waals surface area contributed by atoms with Crippen molar-refractivity contribution in [2.45, 2.75) is 46.2 Å². The predicted octanol–water partition coefficient (Wildman–Crippen LogP) is 3.15. The number of nitrogens with zero attached hydrogens (tertiary/aromatic N) is 3. The Morgan fingerprint density at radius 1 is 1.19 bits per heavy atom. The summed E-state index contributed by atoms with van der Waals surface area (Å²) in [5.74, 6) is 0.359. The van der Waals surface area contributed by atoms with Gasteiger partial charge in [-0.25, -0.2) is 4.79 Å². The van der Waals surface area contributed by atoms with Crippen LogP contribution in [0.4, 0.5) is 10.5 Å². The lowest BCUT2D eigenvalue weighted by atomic mass is 10.0. The number of anilines is 1. The van der Waals surface area contributed by atoms with Crippen molar-refractivity contribution in [2.24, 2.45) is 5.92 Å². The van der Waals surface area contributed by atoms with Gasteiger partial charge in [0.15, 0.2) is 0 Å². The van der Waals surface area contributed by atoms with Crippen molar-refractivity contribution < 1.29 is 14.3 Å². The van der Waals surface area contributed by atoms with E-state index in [0.29, 0.717) is 49.8 Å². The van der Waals surface area contributed by atoms with Crippen LogP contribution in [0, 0.1) is 5.92 Å². The first-order valence-corrected chi connectivity index (χ1v) is 11.3. The molecule has 0 unspecified atom stereocenters. The van der Waals surface area contributed by atoms with Crippen molar-refractivity contribution in [3.63, 3.8) is 0 Å². The number of benzene rings is 1. The Kier molecular flexibility index (Phi) is 7.90. The van der Waals surface area contributed by atoms with Crippen LogP contribution < -0.4 is 10.9 Å². The van der Waals surface area contributed by atoms with Crippen molar-refractivity contribution in [3.8, 4) is 0 Å². The largest absolute Gasteiger partial charge is 0.383 e. The lowest BCUT2D eigenvalue weighted by molar-refractivity contribution is -0.130. The summed E-state index contributed by atoms with van der Waals surface area (Å²) in [4.78, 5) is 41.6. The quantitative estimate of drug-likeness (QED) is 0.714. The van der Waals surface area contributed by atoms with E-state index in [9.17, 15) is 14.4 Å². The second kappa shape index (κ2) is 10.6. The van der Waals surface area contributed by atoms with E-state index in [0.717, 1.165) is 18.2 Å². The number of hydrogen-bond donors (Lipinski definition) is 1. The highest BCUT2D eigenvalue weighted by Crippen LogP contribution is 2.23. The third-order valence-electron chi connectivity index (χ3n) is 5.94. The Bertz CT molecular complexity index is 1010. The molecule has 0 radical (unpaired) electrons. The average Bonchev–Trinajstić information content (AvgIpc) is 2.77. The first kappa shape index (κ1) is 23.8. The molecule has 8 heteroatoms. The van der Waals surface area contributed by atoms with E-state index in [4.69, 9.17) is 4.74 Å². The zero-order chi connectivity index (χ0) is 23.3. The van der Waals surface area contributed by atoms with Gasteiger partial charge in [0.1, 0.15) is 0 Å². The van der Waals surface area contributed by atoms with Gasteiger partial charge in [-0.3, -0.25) is 9.59 Å². The fraction of sp³-hybridized carbons (Fsp3) is 0.542. The number of urea groups is 1. The van der Waals surface area contributed by atoms with Crippen molar-refractivity contribution in [1.29, 1.82) is 0 Å². The molecular weight excluding hydrogens is 408 g/mol. The first-order valence-electron chi connectivity index (χ1n) is 11.3. The standard InChI is InChI=1S/C24H34N4O4/c1-17(2)15-27-16-22(20-7-5-6-8-21(20)23(27)30)25-24(31)28(13-14-32-4)19-9-11-26(12-10-19)18(3)29/h5-8,16-17,19H,9-15H2,1-4H3,(H,25,31). The van der Waals surface area contributed by atoms with Gasteiger partial charge in [-0.05, 0) is 24.8 Å². The van der Waals surface area contributed by atoms with E-state index < -0.39 is 0 Å². The van der Waals surface area contributed by atoms with Crippen LogP contribution in [0.2, 0.25) is 0 Å². The third kappa shape index (κ3) is 5.48. The molecule has 0 aliphatic carbocycles. The smallest absolute Gasteiger partial charge is 0.322 e. The topological polar surface area (TPSA) is 83.9 Å². The summed E-state index contributed by atoms with van der Waals surface area (Å²) in [6.07, 6.45) is 3.20. The van der Waals surface area contributed by atoms with Crippen molar-refractivity contribution in [3.05, 3.63) is 40.8 Å². The predicted molar refractivity (Wildman–Crippen MR) is 126 cm³/mol. The minimum atomic E-state index is -0.219. The molecular formula is C24H34N4O4. The number of aromatic nitrogens is 1. The number of pyridine rings is 1. The van der Waals surface area contributed by atoms with E-state index in [1.54, 1.807) is 35.8 Å². The minimum absolute atomic E-state index is 0.0218. The van der Waals surface area contributed by atoms with Crippen LogP contribution in [-0.4, -0.2) is 65.7 Å². The van der Waals surface area contributed by atoms with Crippen LogP contribution in [0.15, 0.2) is 35.3 Å². The maximum atomic E-state index is 13.4. The maximum Gasteiger partial charge on any atom is 0.322 e. The van der Waals surface area contributed by atoms with Gasteiger partial charge in [0.2, 0.25) is 5.91 Å². The number of fused-ring (bicyclic) bond motifs is 1. The summed E-state index contributed by atoms with van der Waals surface area (Å²) in [5, 5.41) is 4.37. The Morgan fingerprint density at radius 3 is 2.44 bits per heavy atom. The van der Waals surface area contributed by atoms with Gasteiger partial charge in [0, 0.05) is 63.2 Å². The van der Waals surface area contributed by atoms with Crippen LogP contribution in [0.3, 0.4) is 0 Å². The molecule has 0 bridgehead atoms. The number of rotatable bonds is 7. The Balaban J connectivity index is 1.88. The molecule has 3 rings (SSSR count). The van der Waals surface area contributed by atoms with Gasteiger partial charge < -0.3 is 24.4 Å². The summed E-state index contributed by atoms with van der Waals surface area (Å²) >= 11 is 0. The van der Waals surface area contributed by atoms with Crippen LogP contribution in [0.25, 0.3) is 10.8 Å². The SMILES string of the molecule is COCCN(C(=O)Nc1cn(CC(C)C)c(=O)c2ccccc12)C1CCN(C(C)=O)CC1. The van der Waals surface area contributed by atoms with E-state index in [1.165, 1.54) is 0 Å². The number of carbonyl (C=O) groups excluding carboxylic acids is 2. The number of likely N-dealkylation sites (tertiary alicyclic amines) is 1. The fourth-order valence-corrected chi connectivity index (χ4v) is 4.29. The molecule has 1 fully saturated rings. The van der Waals surface area contributed by atoms with Crippen LogP contribution >= 0.6 is 0 Å². The molecule has 0 spiro atoms. The van der Waals surface area contributed by atoms with Crippen LogP contribution in [0.5, 0.6) is 0 Å². The van der Waals surface area contributed by atoms with Gasteiger partial charge in [0.25, 0.3) is 5.56 Å². The molecule has 1 aliphatic rings. The van der Waals surface area contributed by atoms with Crippen molar-refractivity contribution in [1.82, 2.24) is 14.4 Å². The van der Waals surface area contributed by atoms with Crippen LogP contribution in [-0.2, 0) is 16.1 Å². The maximum absolute atomic E-state index is 13.4. The molecule has 1 aromatic carbocycles. The van der Waals surface area contributed by atoms with Crippen molar-refractivity contribution >= 4 is 28.4 Å². The van der Waals surface area contributed by atoms with Crippen molar-refractivity contribution in [2.75, 3.05) is 38.7 Å². The Morgan fingerprint density at radius 2 is 1.84 bits per heavy atom. The number of amides is 3. The normalized spacial score (nSPS) is 14.7. The lowest BCUT2D eigenvalue weighted by Gasteiger charge is -2.38. The molecule has 0 atom stereocenters. The number of nitrogens with one attached hydrogen (secondary N) is 1. The summed E-state index contributed by atoms with van der Waals surface area (Å²) in [6, 6.07) is 7.16. The number of methoxy groups -OCH3 is 1. The molecule has 1 aliphatic heterocycles. The first-order chi connectivity index (χ1) is 15.3. The van der Waals surface area contributed by atoms with Crippen LogP contribution in [0.1, 0.15) is 33.6 Å². The molecule has 3 amide bonds. The molecule has 1 saturated heterocycles. The monoisotopic (exact) mass is 442 g/mol. The second-order valence-corrected chi connectivity index (χ2v) is 8.79. The molecule has 2 aromatic rings. The molecule has 174 valence electrons. The molecule has 2 heterocycles. The van der Waals surface area contributed by atoms with E-state index >= 15 is 0 Å². The highest BCUT2D eigenvalue weighted by molar-refractivity contribution is 6.01. The molecule has 8 nitrogen and oxygen atoms in total. The average molecular weight is 443 g/mol. The van der Waals surface area contributed by atoms with Gasteiger partial charge in [0.05, 0.1) is 12.3 Å². The van der Waals surface area contributed by atoms with Gasteiger partial charge in [-0.2, -0.15) is 0 Å². The van der Waals surface area contributed by atoms with E-state index in [1.807, 2.05) is 23.1 Å². The third-order valence-corrected chi connectivity index (χ3v) is 5.94. The summed E-state index contributed by atoms with van der Waals surface area (Å²) in [5.41, 5.74) is 0.564. The van der Waals surface area contributed by atoms with Gasteiger partial charge >= 0.3 is 6.03 Å². The highest BCUT2D eigenvalue weighted by Gasteiger charge is 2.29. The Labute approximate surface area is 189 Å². The molecule has 0 saturated carbocycles. The summed E-state index contributed by atoms with van der Waals surface area (Å²) in [7, 11) is 1.61. The Hall–Kier alpha value is -2.87. The highest BCUT2D eigenvalue weighted by atomic mass is 16.5. The number of carbonyl (C=O) groups is 2. The zero-order valence-corrected chi connectivity index (χ0v) is 19.5. The lowest BCUT2D eigenvalue weighted by Crippen LogP contribution is -2.50.